The molecule has 0 saturated carbocycles. The number of aromatic nitrogens is 1. The van der Waals surface area contributed by atoms with E-state index in [1.165, 1.54) is 18.0 Å². The largest absolute Gasteiger partial charge is 0.468 e. The van der Waals surface area contributed by atoms with Crippen molar-refractivity contribution in [3.05, 3.63) is 60.8 Å². The smallest absolute Gasteiger partial charge is 0.316 e. The normalized spacial score (nSPS) is 23.0. The molecule has 0 fully saturated rings. The number of H-pyrrole nitrogens is 1. The van der Waals surface area contributed by atoms with Gasteiger partial charge in [0.1, 0.15) is 11.6 Å². The lowest BCUT2D eigenvalue weighted by molar-refractivity contribution is -0.145. The van der Waals surface area contributed by atoms with Crippen LogP contribution in [0.15, 0.2) is 60.8 Å². The van der Waals surface area contributed by atoms with Crippen LogP contribution in [0.3, 0.4) is 0 Å². The zero-order valence-electron chi connectivity index (χ0n) is 12.3. The van der Waals surface area contributed by atoms with E-state index in [1.807, 2.05) is 18.3 Å². The van der Waals surface area contributed by atoms with E-state index in [0.717, 1.165) is 0 Å². The summed E-state index contributed by atoms with van der Waals surface area (Å²) in [6.07, 6.45) is 8.66. The van der Waals surface area contributed by atoms with Gasteiger partial charge < -0.3 is 15.5 Å². The Hall–Kier alpha value is -2.41. The van der Waals surface area contributed by atoms with Gasteiger partial charge in [-0.15, -0.1) is 0 Å². The van der Waals surface area contributed by atoms with Crippen LogP contribution >= 0.6 is 0 Å². The Balaban J connectivity index is 0.000000170. The Labute approximate surface area is 128 Å². The second-order valence-electron chi connectivity index (χ2n) is 4.89. The molecule has 0 radical (unpaired) electrons. The van der Waals surface area contributed by atoms with Crippen LogP contribution in [0, 0.1) is 5.92 Å². The van der Waals surface area contributed by atoms with E-state index in [0.29, 0.717) is 0 Å². The second kappa shape index (κ2) is 7.04. The van der Waals surface area contributed by atoms with Crippen LogP contribution in [-0.4, -0.2) is 23.7 Å². The van der Waals surface area contributed by atoms with E-state index in [4.69, 9.17) is 11.6 Å². The Kier molecular flexibility index (Phi) is 5.11. The Bertz CT molecular complexity index is 662. The number of rotatable bonds is 2. The number of hydrogen-bond acceptors (Lipinski definition) is 5. The number of methoxy groups -OCH3 is 1. The van der Waals surface area contributed by atoms with Gasteiger partial charge in [0.25, 0.3) is 0 Å². The van der Waals surface area contributed by atoms with Crippen LogP contribution in [0.4, 0.5) is 0 Å². The number of para-hydroxylation sites is 1. The molecule has 116 valence electrons. The summed E-state index contributed by atoms with van der Waals surface area (Å²) in [6, 6.07) is 10.3. The third-order valence-corrected chi connectivity index (χ3v) is 3.47. The summed E-state index contributed by atoms with van der Waals surface area (Å²) in [5.74, 6) is 4.25. The number of carbonyl (C=O) groups excluding carboxylic acids is 1. The standard InChI is InChI=1S/C8H13N3O2.C8H7N/c1-13-7(12)6-4-2-3-5-8(6,9)11-10;1-2-4-8-7(3-1)5-6-9-8/h2-6,11H,9-10H2,1H3;1-6,9H. The maximum absolute atomic E-state index is 11.3. The van der Waals surface area contributed by atoms with Crippen molar-refractivity contribution < 1.29 is 9.53 Å². The van der Waals surface area contributed by atoms with Gasteiger partial charge in [0, 0.05) is 11.7 Å². The van der Waals surface area contributed by atoms with Crippen molar-refractivity contribution in [3.8, 4) is 0 Å². The summed E-state index contributed by atoms with van der Waals surface area (Å²) >= 11 is 0. The Morgan fingerprint density at radius 2 is 2.09 bits per heavy atom. The van der Waals surface area contributed by atoms with Crippen LogP contribution in [0.25, 0.3) is 10.9 Å². The minimum Gasteiger partial charge on any atom is -0.468 e. The van der Waals surface area contributed by atoms with E-state index in [2.05, 4.69) is 33.3 Å². The average Bonchev–Trinajstić information content (AvgIpc) is 3.04. The van der Waals surface area contributed by atoms with Crippen LogP contribution < -0.4 is 17.0 Å². The van der Waals surface area contributed by atoms with Gasteiger partial charge in [-0.1, -0.05) is 36.4 Å². The quantitative estimate of drug-likeness (QED) is 0.288. The summed E-state index contributed by atoms with van der Waals surface area (Å²) in [7, 11) is 1.31. The summed E-state index contributed by atoms with van der Waals surface area (Å²) in [5.41, 5.74) is 8.34. The predicted octanol–water partition coefficient (Wildman–Crippen LogP) is 1.19. The van der Waals surface area contributed by atoms with Gasteiger partial charge >= 0.3 is 5.97 Å². The molecule has 0 aliphatic heterocycles. The molecule has 0 spiro atoms. The summed E-state index contributed by atoms with van der Waals surface area (Å²) in [5, 5.41) is 1.28. The molecule has 2 aromatic rings. The molecule has 22 heavy (non-hydrogen) atoms. The number of nitrogens with one attached hydrogen (secondary N) is 2. The molecule has 2 unspecified atom stereocenters. The van der Waals surface area contributed by atoms with E-state index < -0.39 is 17.6 Å². The molecule has 0 bridgehead atoms. The molecule has 1 aliphatic carbocycles. The molecule has 1 heterocycles. The van der Waals surface area contributed by atoms with Gasteiger partial charge in [0.15, 0.2) is 0 Å². The molecule has 1 aliphatic rings. The third-order valence-electron chi connectivity index (χ3n) is 3.47. The molecular formula is C16H20N4O2. The number of allylic oxidation sites excluding steroid dienone is 2. The first-order valence-corrected chi connectivity index (χ1v) is 6.83. The highest BCUT2D eigenvalue weighted by molar-refractivity contribution is 5.78. The Morgan fingerprint density at radius 3 is 2.77 bits per heavy atom. The fourth-order valence-corrected chi connectivity index (χ4v) is 2.19. The molecule has 1 aromatic carbocycles. The number of carbonyl (C=O) groups is 1. The van der Waals surface area contributed by atoms with Gasteiger partial charge in [-0.05, 0) is 23.6 Å². The number of benzene rings is 1. The molecule has 6 heteroatoms. The zero-order valence-corrected chi connectivity index (χ0v) is 12.3. The fourth-order valence-electron chi connectivity index (χ4n) is 2.19. The summed E-state index contributed by atoms with van der Waals surface area (Å²) in [6.45, 7) is 0. The lowest BCUT2D eigenvalue weighted by atomic mass is 9.89. The predicted molar refractivity (Wildman–Crippen MR) is 86.3 cm³/mol. The van der Waals surface area contributed by atoms with Gasteiger partial charge in [-0.3, -0.25) is 10.6 Å². The van der Waals surface area contributed by atoms with Gasteiger partial charge in [0.05, 0.1) is 7.11 Å². The first kappa shape index (κ1) is 16.0. The monoisotopic (exact) mass is 300 g/mol. The SMILES string of the molecule is COC(=O)C1C=CC=CC1(N)NN.c1ccc2[nH]ccc2c1. The Morgan fingerprint density at radius 1 is 1.32 bits per heavy atom. The van der Waals surface area contributed by atoms with E-state index >= 15 is 0 Å². The van der Waals surface area contributed by atoms with Gasteiger partial charge in [-0.25, -0.2) is 5.43 Å². The second-order valence-corrected chi connectivity index (χ2v) is 4.89. The maximum Gasteiger partial charge on any atom is 0.316 e. The van der Waals surface area contributed by atoms with Crippen LogP contribution in [-0.2, 0) is 9.53 Å². The number of aromatic amines is 1. The molecule has 3 rings (SSSR count). The maximum atomic E-state index is 11.3. The van der Waals surface area contributed by atoms with Crippen LogP contribution in [0.5, 0.6) is 0 Å². The fraction of sp³-hybridized carbons (Fsp3) is 0.188. The highest BCUT2D eigenvalue weighted by atomic mass is 16.5. The molecule has 0 amide bonds. The first-order chi connectivity index (χ1) is 10.6. The highest BCUT2D eigenvalue weighted by Gasteiger charge is 2.37. The molecule has 0 saturated heterocycles. The molecule has 6 N–H and O–H groups in total. The minimum absolute atomic E-state index is 0.416. The number of hydrazine groups is 1. The lowest BCUT2D eigenvalue weighted by Crippen LogP contribution is -2.62. The minimum atomic E-state index is -1.05. The van der Waals surface area contributed by atoms with Crippen molar-refractivity contribution in [1.29, 1.82) is 0 Å². The van der Waals surface area contributed by atoms with Crippen molar-refractivity contribution in [2.24, 2.45) is 17.5 Å². The summed E-state index contributed by atoms with van der Waals surface area (Å²) in [4.78, 5) is 14.4. The number of nitrogens with two attached hydrogens (primary N) is 2. The van der Waals surface area contributed by atoms with Crippen molar-refractivity contribution in [2.75, 3.05) is 7.11 Å². The van der Waals surface area contributed by atoms with Gasteiger partial charge in [0.2, 0.25) is 0 Å². The topological polar surface area (TPSA) is 106 Å². The van der Waals surface area contributed by atoms with Crippen molar-refractivity contribution in [3.63, 3.8) is 0 Å². The van der Waals surface area contributed by atoms with Crippen LogP contribution in [0.1, 0.15) is 0 Å². The molecule has 2 atom stereocenters. The number of fused-ring (bicyclic) bond motifs is 1. The lowest BCUT2D eigenvalue weighted by Gasteiger charge is -2.31. The number of esters is 1. The average molecular weight is 300 g/mol. The number of hydrogen-bond donors (Lipinski definition) is 4. The van der Waals surface area contributed by atoms with Crippen LogP contribution in [0.2, 0.25) is 0 Å². The molecule has 6 nitrogen and oxygen atoms in total. The van der Waals surface area contributed by atoms with E-state index in [1.54, 1.807) is 24.3 Å². The summed E-state index contributed by atoms with van der Waals surface area (Å²) < 4.78 is 4.59. The van der Waals surface area contributed by atoms with E-state index in [-0.39, 0.29) is 0 Å². The zero-order chi connectivity index (χ0) is 16.0. The van der Waals surface area contributed by atoms with Gasteiger partial charge in [-0.2, -0.15) is 0 Å². The molecular weight excluding hydrogens is 280 g/mol. The third kappa shape index (κ3) is 3.43. The van der Waals surface area contributed by atoms with Crippen molar-refractivity contribution in [1.82, 2.24) is 10.4 Å². The first-order valence-electron chi connectivity index (χ1n) is 6.83. The van der Waals surface area contributed by atoms with E-state index in [9.17, 15) is 4.79 Å². The van der Waals surface area contributed by atoms with Crippen molar-refractivity contribution in [2.45, 2.75) is 5.66 Å². The van der Waals surface area contributed by atoms with Crippen molar-refractivity contribution >= 4 is 16.9 Å². The highest BCUT2D eigenvalue weighted by Crippen LogP contribution is 2.19. The number of ether oxygens (including phenoxy) is 1. The molecule has 1 aromatic heterocycles.